The van der Waals surface area contributed by atoms with Gasteiger partial charge in [0, 0.05) is 36.5 Å². The van der Waals surface area contributed by atoms with Crippen LogP contribution >= 0.6 is 27.5 Å². The Morgan fingerprint density at radius 2 is 2.10 bits per heavy atom. The molecule has 6 heteroatoms. The maximum atomic E-state index is 13.8. The molecule has 1 aromatic rings. The van der Waals surface area contributed by atoms with E-state index in [1.54, 1.807) is 17.0 Å². The van der Waals surface area contributed by atoms with Crippen LogP contribution in [0.25, 0.3) is 0 Å². The minimum Gasteiger partial charge on any atom is -0.337 e. The molecule has 0 aromatic heterocycles. The van der Waals surface area contributed by atoms with Gasteiger partial charge in [-0.1, -0.05) is 6.07 Å². The summed E-state index contributed by atoms with van der Waals surface area (Å²) in [7, 11) is 0. The SMILES string of the molecule is O=C(c1c(F)cccc1Br)N1CCCN(CCCl)CC1. The van der Waals surface area contributed by atoms with E-state index in [4.69, 9.17) is 11.6 Å². The summed E-state index contributed by atoms with van der Waals surface area (Å²) in [6, 6.07) is 4.59. The van der Waals surface area contributed by atoms with Crippen molar-refractivity contribution in [3.63, 3.8) is 0 Å². The molecule has 0 N–H and O–H groups in total. The molecule has 1 saturated heterocycles. The zero-order valence-corrected chi connectivity index (χ0v) is 13.5. The Hall–Kier alpha value is -0.650. The number of hydrogen-bond donors (Lipinski definition) is 0. The van der Waals surface area contributed by atoms with Crippen LogP contribution in [0.4, 0.5) is 4.39 Å². The number of hydrogen-bond acceptors (Lipinski definition) is 2. The lowest BCUT2D eigenvalue weighted by Crippen LogP contribution is -2.36. The number of halogens is 3. The molecule has 0 bridgehead atoms. The number of carbonyl (C=O) groups is 1. The van der Waals surface area contributed by atoms with Gasteiger partial charge in [-0.25, -0.2) is 4.39 Å². The number of rotatable bonds is 3. The molecule has 1 aliphatic heterocycles. The molecule has 1 aromatic carbocycles. The molecule has 0 atom stereocenters. The average Bonchev–Trinajstić information content (AvgIpc) is 2.64. The van der Waals surface area contributed by atoms with Gasteiger partial charge in [0.1, 0.15) is 5.82 Å². The summed E-state index contributed by atoms with van der Waals surface area (Å²) in [5.41, 5.74) is 0.123. The molecule has 3 nitrogen and oxygen atoms in total. The highest BCUT2D eigenvalue weighted by atomic mass is 79.9. The summed E-state index contributed by atoms with van der Waals surface area (Å²) in [5.74, 6) is -0.138. The van der Waals surface area contributed by atoms with Crippen LogP contribution < -0.4 is 0 Å². The normalized spacial score (nSPS) is 17.1. The Balaban J connectivity index is 2.10. The van der Waals surface area contributed by atoms with Crippen LogP contribution in [0.1, 0.15) is 16.8 Å². The van der Waals surface area contributed by atoms with Gasteiger partial charge in [-0.05, 0) is 41.0 Å². The van der Waals surface area contributed by atoms with Crippen molar-refractivity contribution >= 4 is 33.4 Å². The van der Waals surface area contributed by atoms with Crippen LogP contribution in [0.3, 0.4) is 0 Å². The second-order valence-electron chi connectivity index (χ2n) is 4.77. The summed E-state index contributed by atoms with van der Waals surface area (Å²) in [4.78, 5) is 16.4. The lowest BCUT2D eigenvalue weighted by molar-refractivity contribution is 0.0756. The predicted molar refractivity (Wildman–Crippen MR) is 81.8 cm³/mol. The van der Waals surface area contributed by atoms with E-state index in [1.807, 2.05) is 0 Å². The van der Waals surface area contributed by atoms with Gasteiger partial charge in [0.05, 0.1) is 5.56 Å². The Kier molecular flexibility index (Phi) is 5.81. The predicted octanol–water partition coefficient (Wildman–Crippen LogP) is 2.97. The van der Waals surface area contributed by atoms with Crippen molar-refractivity contribution in [2.45, 2.75) is 6.42 Å². The first-order valence-corrected chi connectivity index (χ1v) is 7.98. The quantitative estimate of drug-likeness (QED) is 0.771. The largest absolute Gasteiger partial charge is 0.337 e. The molecule has 0 spiro atoms. The molecule has 1 amide bonds. The molecule has 0 unspecified atom stereocenters. The van der Waals surface area contributed by atoms with Crippen molar-refractivity contribution in [3.05, 3.63) is 34.1 Å². The maximum Gasteiger partial charge on any atom is 0.258 e. The summed E-state index contributed by atoms with van der Waals surface area (Å²) in [6.07, 6.45) is 0.884. The van der Waals surface area contributed by atoms with Gasteiger partial charge < -0.3 is 9.80 Å². The van der Waals surface area contributed by atoms with Crippen LogP contribution in [-0.4, -0.2) is 54.3 Å². The third-order valence-corrected chi connectivity index (χ3v) is 4.28. The summed E-state index contributed by atoms with van der Waals surface area (Å²) in [6.45, 7) is 3.79. The van der Waals surface area contributed by atoms with Crippen molar-refractivity contribution in [1.82, 2.24) is 9.80 Å². The molecule has 1 fully saturated rings. The van der Waals surface area contributed by atoms with Gasteiger partial charge in [-0.3, -0.25) is 4.79 Å². The molecule has 20 heavy (non-hydrogen) atoms. The summed E-state index contributed by atoms with van der Waals surface area (Å²) >= 11 is 9.00. The van der Waals surface area contributed by atoms with Crippen LogP contribution in [0.15, 0.2) is 22.7 Å². The fourth-order valence-electron chi connectivity index (χ4n) is 2.38. The van der Waals surface area contributed by atoms with Crippen LogP contribution in [0, 0.1) is 5.82 Å². The zero-order valence-electron chi connectivity index (χ0n) is 11.1. The molecule has 0 radical (unpaired) electrons. The first-order chi connectivity index (χ1) is 9.63. The first-order valence-electron chi connectivity index (χ1n) is 6.65. The second kappa shape index (κ2) is 7.38. The van der Waals surface area contributed by atoms with Crippen molar-refractivity contribution in [2.75, 3.05) is 38.6 Å². The average molecular weight is 364 g/mol. The van der Waals surface area contributed by atoms with E-state index >= 15 is 0 Å². The van der Waals surface area contributed by atoms with Crippen LogP contribution in [0.5, 0.6) is 0 Å². The van der Waals surface area contributed by atoms with Crippen molar-refractivity contribution in [2.24, 2.45) is 0 Å². The highest BCUT2D eigenvalue weighted by Crippen LogP contribution is 2.22. The minimum atomic E-state index is -0.480. The molecule has 1 heterocycles. The fraction of sp³-hybridized carbons (Fsp3) is 0.500. The molecule has 0 aliphatic carbocycles. The molecular formula is C14H17BrClFN2O. The van der Waals surface area contributed by atoms with Gasteiger partial charge in [-0.2, -0.15) is 0 Å². The van der Waals surface area contributed by atoms with Gasteiger partial charge in [0.2, 0.25) is 0 Å². The van der Waals surface area contributed by atoms with E-state index in [9.17, 15) is 9.18 Å². The lowest BCUT2D eigenvalue weighted by atomic mass is 10.2. The highest BCUT2D eigenvalue weighted by Gasteiger charge is 2.24. The second-order valence-corrected chi connectivity index (χ2v) is 6.01. The Bertz CT molecular complexity index is 466. The molecule has 110 valence electrons. The first kappa shape index (κ1) is 15.7. The van der Waals surface area contributed by atoms with E-state index in [1.165, 1.54) is 6.07 Å². The van der Waals surface area contributed by atoms with E-state index in [2.05, 4.69) is 20.8 Å². The molecular weight excluding hydrogens is 347 g/mol. The number of nitrogens with zero attached hydrogens (tertiary/aromatic N) is 2. The molecule has 0 saturated carbocycles. The minimum absolute atomic E-state index is 0.123. The fourth-order valence-corrected chi connectivity index (χ4v) is 3.13. The topological polar surface area (TPSA) is 23.6 Å². The van der Waals surface area contributed by atoms with Crippen molar-refractivity contribution in [1.29, 1.82) is 0 Å². The van der Waals surface area contributed by atoms with E-state index in [-0.39, 0.29) is 11.5 Å². The third-order valence-electron chi connectivity index (χ3n) is 3.45. The van der Waals surface area contributed by atoms with Crippen LogP contribution in [0.2, 0.25) is 0 Å². The smallest absolute Gasteiger partial charge is 0.258 e. The maximum absolute atomic E-state index is 13.8. The van der Waals surface area contributed by atoms with Crippen LogP contribution in [-0.2, 0) is 0 Å². The number of amides is 1. The van der Waals surface area contributed by atoms with Gasteiger partial charge in [0.25, 0.3) is 5.91 Å². The molecule has 2 rings (SSSR count). The third kappa shape index (κ3) is 3.71. The van der Waals surface area contributed by atoms with Gasteiger partial charge in [0.15, 0.2) is 0 Å². The Morgan fingerprint density at radius 3 is 2.80 bits per heavy atom. The molecule has 1 aliphatic rings. The Labute approximate surface area is 131 Å². The number of benzene rings is 1. The van der Waals surface area contributed by atoms with E-state index < -0.39 is 5.82 Å². The van der Waals surface area contributed by atoms with E-state index in [0.717, 1.165) is 26.1 Å². The van der Waals surface area contributed by atoms with Gasteiger partial charge >= 0.3 is 0 Å². The highest BCUT2D eigenvalue weighted by molar-refractivity contribution is 9.10. The zero-order chi connectivity index (χ0) is 14.5. The van der Waals surface area contributed by atoms with Crippen molar-refractivity contribution in [3.8, 4) is 0 Å². The Morgan fingerprint density at radius 1 is 1.30 bits per heavy atom. The summed E-state index contributed by atoms with van der Waals surface area (Å²) < 4.78 is 14.4. The summed E-state index contributed by atoms with van der Waals surface area (Å²) in [5, 5.41) is 0. The number of alkyl halides is 1. The number of carbonyl (C=O) groups excluding carboxylic acids is 1. The standard InChI is InChI=1S/C14H17BrClFN2O/c15-11-3-1-4-12(17)13(11)14(20)19-7-2-6-18(8-5-16)9-10-19/h1,3-4H,2,5-10H2. The van der Waals surface area contributed by atoms with E-state index in [0.29, 0.717) is 23.4 Å². The lowest BCUT2D eigenvalue weighted by Gasteiger charge is -2.22. The van der Waals surface area contributed by atoms with Crippen molar-refractivity contribution < 1.29 is 9.18 Å². The van der Waals surface area contributed by atoms with Gasteiger partial charge in [-0.15, -0.1) is 11.6 Å². The monoisotopic (exact) mass is 362 g/mol.